The van der Waals surface area contributed by atoms with E-state index in [2.05, 4.69) is 19.9 Å². The van der Waals surface area contributed by atoms with Gasteiger partial charge in [-0.25, -0.2) is 18.1 Å². The van der Waals surface area contributed by atoms with Crippen LogP contribution >= 0.6 is 0 Å². The van der Waals surface area contributed by atoms with Gasteiger partial charge in [-0.05, 0) is 26.0 Å². The summed E-state index contributed by atoms with van der Waals surface area (Å²) in [6.45, 7) is 3.51. The fraction of sp³-hybridized carbons (Fsp3) is 0.357. The van der Waals surface area contributed by atoms with Gasteiger partial charge in [-0.2, -0.15) is 13.2 Å². The number of imidazole rings is 1. The Balaban J connectivity index is 1.80. The molecule has 0 spiro atoms. The summed E-state index contributed by atoms with van der Waals surface area (Å²) in [5.74, 6) is 0.153. The number of alkyl halides is 3. The first-order chi connectivity index (χ1) is 12.1. The van der Waals surface area contributed by atoms with Gasteiger partial charge in [-0.3, -0.25) is 4.40 Å². The second-order valence-electron chi connectivity index (χ2n) is 5.84. The quantitative estimate of drug-likeness (QED) is 0.722. The summed E-state index contributed by atoms with van der Waals surface area (Å²) < 4.78 is 68.0. The van der Waals surface area contributed by atoms with E-state index >= 15 is 0 Å². The second-order valence-corrected chi connectivity index (χ2v) is 7.55. The molecule has 0 saturated carbocycles. The average Bonchev–Trinajstić information content (AvgIpc) is 3.19. The number of nitrogens with zero attached hydrogens (tertiary/aromatic N) is 5. The fourth-order valence-electron chi connectivity index (χ4n) is 2.21. The third-order valence-electron chi connectivity index (χ3n) is 3.68. The van der Waals surface area contributed by atoms with E-state index in [1.54, 1.807) is 4.57 Å². The van der Waals surface area contributed by atoms with E-state index in [0.717, 1.165) is 18.3 Å². The van der Waals surface area contributed by atoms with Gasteiger partial charge in [0, 0.05) is 18.4 Å². The van der Waals surface area contributed by atoms with Crippen molar-refractivity contribution >= 4 is 15.7 Å². The van der Waals surface area contributed by atoms with Crippen molar-refractivity contribution in [1.82, 2.24) is 28.9 Å². The molecule has 0 bridgehead atoms. The molecular weight excluding hydrogens is 373 g/mol. The van der Waals surface area contributed by atoms with Crippen LogP contribution in [-0.2, 0) is 22.7 Å². The van der Waals surface area contributed by atoms with Gasteiger partial charge < -0.3 is 4.57 Å². The number of hydrogen-bond donors (Lipinski definition) is 1. The topological polar surface area (TPSA) is 94.2 Å². The Morgan fingerprint density at radius 1 is 1.27 bits per heavy atom. The van der Waals surface area contributed by atoms with Crippen LogP contribution < -0.4 is 4.72 Å². The van der Waals surface area contributed by atoms with Crippen LogP contribution in [0, 0.1) is 0 Å². The van der Waals surface area contributed by atoms with Gasteiger partial charge in [0.2, 0.25) is 0 Å². The Labute approximate surface area is 146 Å². The molecular formula is C14H15F3N6O2S. The smallest absolute Gasteiger partial charge is 0.334 e. The van der Waals surface area contributed by atoms with E-state index in [1.165, 1.54) is 16.9 Å². The highest BCUT2D eigenvalue weighted by Crippen LogP contribution is 2.29. The highest BCUT2D eigenvalue weighted by atomic mass is 32.2. The van der Waals surface area contributed by atoms with Crippen LogP contribution in [0.5, 0.6) is 0 Å². The van der Waals surface area contributed by atoms with Crippen molar-refractivity contribution in [2.75, 3.05) is 0 Å². The molecule has 0 aliphatic carbocycles. The van der Waals surface area contributed by atoms with Crippen LogP contribution in [-0.4, -0.2) is 32.6 Å². The van der Waals surface area contributed by atoms with Gasteiger partial charge in [0.25, 0.3) is 10.0 Å². The third kappa shape index (κ3) is 3.55. The molecule has 12 heteroatoms. The lowest BCUT2D eigenvalue weighted by atomic mass is 10.2. The molecule has 3 aromatic heterocycles. The molecule has 0 radical (unpaired) electrons. The van der Waals surface area contributed by atoms with E-state index in [-0.39, 0.29) is 29.1 Å². The third-order valence-corrected chi connectivity index (χ3v) is 4.96. The zero-order chi connectivity index (χ0) is 19.1. The number of aromatic nitrogens is 5. The predicted molar refractivity (Wildman–Crippen MR) is 84.6 cm³/mol. The molecule has 0 saturated heterocycles. The maximum Gasteiger partial charge on any atom is 0.416 e. The number of sulfonamides is 1. The summed E-state index contributed by atoms with van der Waals surface area (Å²) >= 11 is 0. The predicted octanol–water partition coefficient (Wildman–Crippen LogP) is 2.00. The molecule has 3 rings (SSSR count). The highest BCUT2D eigenvalue weighted by Gasteiger charge is 2.31. The van der Waals surface area contributed by atoms with Gasteiger partial charge in [0.15, 0.2) is 16.5 Å². The van der Waals surface area contributed by atoms with Gasteiger partial charge >= 0.3 is 6.18 Å². The Bertz CT molecular complexity index is 1040. The molecule has 0 amide bonds. The number of pyridine rings is 1. The SMILES string of the molecule is CC(C)n1cnc(S(=O)(=O)NCc2nnc3cc(C(F)(F)F)ccn23)c1. The molecule has 0 atom stereocenters. The Morgan fingerprint density at radius 2 is 2.00 bits per heavy atom. The van der Waals surface area contributed by atoms with Crippen LogP contribution in [0.25, 0.3) is 5.65 Å². The largest absolute Gasteiger partial charge is 0.416 e. The zero-order valence-electron chi connectivity index (χ0n) is 13.8. The molecule has 26 heavy (non-hydrogen) atoms. The lowest BCUT2D eigenvalue weighted by Crippen LogP contribution is -2.24. The van der Waals surface area contributed by atoms with Crippen LogP contribution in [0.3, 0.4) is 0 Å². The number of fused-ring (bicyclic) bond motifs is 1. The minimum Gasteiger partial charge on any atom is -0.334 e. The first-order valence-electron chi connectivity index (χ1n) is 7.52. The molecule has 8 nitrogen and oxygen atoms in total. The summed E-state index contributed by atoms with van der Waals surface area (Å²) in [6.07, 6.45) is -0.547. The summed E-state index contributed by atoms with van der Waals surface area (Å²) in [4.78, 5) is 3.85. The van der Waals surface area contributed by atoms with E-state index < -0.39 is 21.8 Å². The highest BCUT2D eigenvalue weighted by molar-refractivity contribution is 7.89. The Kier molecular flexibility index (Phi) is 4.48. The van der Waals surface area contributed by atoms with Crippen LogP contribution in [0.4, 0.5) is 13.2 Å². The zero-order valence-corrected chi connectivity index (χ0v) is 14.6. The first kappa shape index (κ1) is 18.3. The minimum atomic E-state index is -4.50. The van der Waals surface area contributed by atoms with Crippen molar-refractivity contribution < 1.29 is 21.6 Å². The maximum absolute atomic E-state index is 12.7. The van der Waals surface area contributed by atoms with Crippen LogP contribution in [0.2, 0.25) is 0 Å². The standard InChI is InChI=1S/C14H15F3N6O2S/c1-9(2)22-7-13(18-8-22)26(24,25)19-6-12-21-20-11-5-10(14(15,16)17)3-4-23(11)12/h3-5,7-9,19H,6H2,1-2H3. The second kappa shape index (κ2) is 6.36. The molecule has 0 fully saturated rings. The minimum absolute atomic E-state index is 0.0295. The first-order valence-corrected chi connectivity index (χ1v) is 9.00. The number of halogens is 3. The number of hydrogen-bond acceptors (Lipinski definition) is 5. The van der Waals surface area contributed by atoms with Crippen molar-refractivity contribution in [3.8, 4) is 0 Å². The molecule has 3 aromatic rings. The lowest BCUT2D eigenvalue weighted by Gasteiger charge is -2.07. The van der Waals surface area contributed by atoms with Crippen LogP contribution in [0.15, 0.2) is 35.9 Å². The van der Waals surface area contributed by atoms with E-state index in [0.29, 0.717) is 0 Å². The monoisotopic (exact) mass is 388 g/mol. The van der Waals surface area contributed by atoms with E-state index in [1.807, 2.05) is 13.8 Å². The van der Waals surface area contributed by atoms with Crippen molar-refractivity contribution in [3.05, 3.63) is 42.2 Å². The Morgan fingerprint density at radius 3 is 2.62 bits per heavy atom. The van der Waals surface area contributed by atoms with Crippen LogP contribution in [0.1, 0.15) is 31.3 Å². The lowest BCUT2D eigenvalue weighted by molar-refractivity contribution is -0.137. The van der Waals surface area contributed by atoms with Gasteiger partial charge in [0.05, 0.1) is 18.4 Å². The van der Waals surface area contributed by atoms with E-state index in [9.17, 15) is 21.6 Å². The molecule has 0 unspecified atom stereocenters. The van der Waals surface area contributed by atoms with Gasteiger partial charge in [-0.15, -0.1) is 10.2 Å². The molecule has 0 aliphatic rings. The summed E-state index contributed by atoms with van der Waals surface area (Å²) in [7, 11) is -3.89. The summed E-state index contributed by atoms with van der Waals surface area (Å²) in [5.41, 5.74) is -0.887. The number of rotatable bonds is 5. The van der Waals surface area contributed by atoms with E-state index in [4.69, 9.17) is 0 Å². The van der Waals surface area contributed by atoms with Crippen molar-refractivity contribution in [3.63, 3.8) is 0 Å². The van der Waals surface area contributed by atoms with Gasteiger partial charge in [-0.1, -0.05) is 0 Å². The van der Waals surface area contributed by atoms with Crippen molar-refractivity contribution in [2.45, 2.75) is 37.6 Å². The molecule has 1 N–H and O–H groups in total. The average molecular weight is 388 g/mol. The molecule has 140 valence electrons. The maximum atomic E-state index is 12.7. The fourth-order valence-corrected chi connectivity index (χ4v) is 3.12. The molecule has 3 heterocycles. The summed E-state index contributed by atoms with van der Waals surface area (Å²) in [5, 5.41) is 7.24. The molecule has 0 aliphatic heterocycles. The Hall–Kier alpha value is -2.47. The van der Waals surface area contributed by atoms with Crippen molar-refractivity contribution in [2.24, 2.45) is 0 Å². The normalized spacial score (nSPS) is 13.0. The summed E-state index contributed by atoms with van der Waals surface area (Å²) in [6, 6.07) is 1.77. The van der Waals surface area contributed by atoms with Gasteiger partial charge in [0.1, 0.15) is 0 Å². The molecule has 0 aromatic carbocycles. The number of nitrogens with one attached hydrogen (secondary N) is 1. The van der Waals surface area contributed by atoms with Crippen molar-refractivity contribution in [1.29, 1.82) is 0 Å².